The molecule has 2 amide bonds. The summed E-state index contributed by atoms with van der Waals surface area (Å²) in [6, 6.07) is 7.09. The quantitative estimate of drug-likeness (QED) is 0.442. The van der Waals surface area contributed by atoms with Crippen LogP contribution in [-0.2, 0) is 0 Å². The maximum Gasteiger partial charge on any atom is 0.253 e. The lowest BCUT2D eigenvalue weighted by Crippen LogP contribution is -2.57. The van der Waals surface area contributed by atoms with E-state index in [-0.39, 0.29) is 16.9 Å². The molecule has 0 spiro atoms. The fourth-order valence-electron chi connectivity index (χ4n) is 2.03. The molecular formula is C14H19NO2Si. The highest BCUT2D eigenvalue weighted by atomic mass is 28.3. The molecule has 4 heteroatoms. The van der Waals surface area contributed by atoms with Crippen LogP contribution in [0.2, 0.25) is 18.1 Å². The highest BCUT2D eigenvalue weighted by Gasteiger charge is 2.50. The van der Waals surface area contributed by atoms with E-state index in [1.165, 1.54) is 4.57 Å². The fraction of sp³-hybridized carbons (Fsp3) is 0.429. The van der Waals surface area contributed by atoms with Crippen LogP contribution in [0.3, 0.4) is 0 Å². The summed E-state index contributed by atoms with van der Waals surface area (Å²) in [5, 5.41) is -0.0413. The van der Waals surface area contributed by atoms with E-state index < -0.39 is 8.24 Å². The van der Waals surface area contributed by atoms with Gasteiger partial charge in [0.15, 0.2) is 8.24 Å². The van der Waals surface area contributed by atoms with Crippen molar-refractivity contribution in [3.8, 4) is 0 Å². The van der Waals surface area contributed by atoms with E-state index >= 15 is 0 Å². The number of amides is 2. The molecule has 0 unspecified atom stereocenters. The maximum atomic E-state index is 12.4. The minimum Gasteiger partial charge on any atom is -0.303 e. The molecule has 3 nitrogen and oxygen atoms in total. The van der Waals surface area contributed by atoms with Crippen molar-refractivity contribution in [2.45, 2.75) is 38.9 Å². The molecule has 0 aromatic heterocycles. The average molecular weight is 262 g/mol. The van der Waals surface area contributed by atoms with Gasteiger partial charge >= 0.3 is 0 Å². The second-order valence-electron chi connectivity index (χ2n) is 6.30. The van der Waals surface area contributed by atoms with Crippen LogP contribution in [0.5, 0.6) is 0 Å². The Labute approximate surface area is 109 Å². The summed E-state index contributed by atoms with van der Waals surface area (Å²) in [6.07, 6.45) is 0. The van der Waals surface area contributed by atoms with Crippen molar-refractivity contribution >= 4 is 20.0 Å². The molecule has 0 atom stereocenters. The minimum absolute atomic E-state index is 0.0413. The molecule has 1 aliphatic rings. The topological polar surface area (TPSA) is 37.4 Å². The second kappa shape index (κ2) is 3.78. The summed E-state index contributed by atoms with van der Waals surface area (Å²) in [5.41, 5.74) is 1.10. The molecule has 0 saturated heterocycles. The lowest BCUT2D eigenvalue weighted by molar-refractivity contribution is 0.0746. The third-order valence-electron chi connectivity index (χ3n) is 4.19. The van der Waals surface area contributed by atoms with Crippen LogP contribution in [0, 0.1) is 0 Å². The smallest absolute Gasteiger partial charge is 0.253 e. The predicted molar refractivity (Wildman–Crippen MR) is 74.1 cm³/mol. The van der Waals surface area contributed by atoms with Crippen LogP contribution < -0.4 is 0 Å². The number of rotatable bonds is 1. The van der Waals surface area contributed by atoms with Crippen LogP contribution in [0.4, 0.5) is 0 Å². The molecule has 18 heavy (non-hydrogen) atoms. The molecule has 2 rings (SSSR count). The van der Waals surface area contributed by atoms with Crippen LogP contribution in [0.15, 0.2) is 24.3 Å². The van der Waals surface area contributed by atoms with Gasteiger partial charge in [0.25, 0.3) is 11.8 Å². The maximum absolute atomic E-state index is 12.4. The van der Waals surface area contributed by atoms with Gasteiger partial charge in [0.2, 0.25) is 0 Å². The van der Waals surface area contributed by atoms with Crippen LogP contribution in [0.1, 0.15) is 41.5 Å². The van der Waals surface area contributed by atoms with Gasteiger partial charge in [-0.25, -0.2) is 0 Å². The SMILES string of the molecule is CC(C)(C)[Si](C)(C)[15N]1C(=O)c2ccccc2C1=O. The first-order valence-corrected chi connectivity index (χ1v) is 9.10. The number of hydrogen-bond donors (Lipinski definition) is 0. The van der Waals surface area contributed by atoms with E-state index in [4.69, 9.17) is 0 Å². The van der Waals surface area contributed by atoms with E-state index in [1.54, 1.807) is 24.3 Å². The minimum atomic E-state index is -2.16. The van der Waals surface area contributed by atoms with E-state index in [1.807, 2.05) is 0 Å². The van der Waals surface area contributed by atoms with E-state index in [0.717, 1.165) is 0 Å². The standard InChI is InChI=1S/C14H19NO2Si/c1-14(2,3)18(4,5)15-12(16)10-8-6-7-9-11(10)13(15)17/h6-9H,1-5H3/i15+1. The first kappa shape index (κ1) is 13.0. The van der Waals surface area contributed by atoms with E-state index in [0.29, 0.717) is 11.1 Å². The highest BCUT2D eigenvalue weighted by Crippen LogP contribution is 2.41. The van der Waals surface area contributed by atoms with Gasteiger partial charge in [-0.1, -0.05) is 46.0 Å². The largest absolute Gasteiger partial charge is 0.303 e. The van der Waals surface area contributed by atoms with Gasteiger partial charge in [-0.15, -0.1) is 0 Å². The Kier molecular flexibility index (Phi) is 2.74. The number of imide groups is 1. The van der Waals surface area contributed by atoms with Crippen LogP contribution >= 0.6 is 0 Å². The third-order valence-corrected chi connectivity index (χ3v) is 9.38. The van der Waals surface area contributed by atoms with Crippen molar-refractivity contribution in [3.05, 3.63) is 35.4 Å². The van der Waals surface area contributed by atoms with Gasteiger partial charge < -0.3 is 4.57 Å². The average Bonchev–Trinajstić information content (AvgIpc) is 2.51. The first-order chi connectivity index (χ1) is 8.18. The Balaban J connectivity index is 2.53. The normalized spacial score (nSPS) is 16.2. The number of carbonyl (C=O) groups is 2. The molecule has 0 saturated carbocycles. The molecule has 1 aromatic rings. The zero-order valence-corrected chi connectivity index (χ0v) is 12.6. The van der Waals surface area contributed by atoms with Gasteiger partial charge in [0.1, 0.15) is 0 Å². The molecule has 1 aliphatic heterocycles. The summed E-state index contributed by atoms with van der Waals surface area (Å²) >= 11 is 0. The second-order valence-corrected chi connectivity index (χ2v) is 11.4. The van der Waals surface area contributed by atoms with Gasteiger partial charge in [-0.05, 0) is 17.2 Å². The van der Waals surface area contributed by atoms with E-state index in [9.17, 15) is 9.59 Å². The Morgan fingerprint density at radius 2 is 1.33 bits per heavy atom. The Morgan fingerprint density at radius 1 is 0.944 bits per heavy atom. The third kappa shape index (κ3) is 1.63. The Bertz CT molecular complexity index is 494. The van der Waals surface area contributed by atoms with Crippen molar-refractivity contribution in [3.63, 3.8) is 0 Å². The summed E-state index contributed by atoms with van der Waals surface area (Å²) in [6.45, 7) is 10.5. The van der Waals surface area contributed by atoms with Crippen LogP contribution in [-0.4, -0.2) is 24.6 Å². The number of carbonyl (C=O) groups excluding carboxylic acids is 2. The molecule has 0 N–H and O–H groups in total. The van der Waals surface area contributed by atoms with Gasteiger partial charge in [-0.2, -0.15) is 0 Å². The number of hydrogen-bond acceptors (Lipinski definition) is 2. The monoisotopic (exact) mass is 262 g/mol. The van der Waals surface area contributed by atoms with Crippen molar-refractivity contribution < 1.29 is 9.59 Å². The van der Waals surface area contributed by atoms with Crippen LogP contribution in [0.25, 0.3) is 0 Å². The van der Waals surface area contributed by atoms with Crippen molar-refractivity contribution in [1.29, 1.82) is 0 Å². The van der Waals surface area contributed by atoms with Gasteiger partial charge in [-0.3, -0.25) is 9.59 Å². The molecule has 1 aromatic carbocycles. The zero-order valence-electron chi connectivity index (χ0n) is 11.6. The Hall–Kier alpha value is -1.42. The summed E-state index contributed by atoms with van der Waals surface area (Å²) in [4.78, 5) is 24.9. The highest BCUT2D eigenvalue weighted by molar-refractivity contribution is 6.82. The van der Waals surface area contributed by atoms with E-state index in [2.05, 4.69) is 33.9 Å². The Morgan fingerprint density at radius 3 is 1.67 bits per heavy atom. The predicted octanol–water partition coefficient (Wildman–Crippen LogP) is 3.29. The molecule has 0 fully saturated rings. The van der Waals surface area contributed by atoms with Crippen molar-refractivity contribution in [2.24, 2.45) is 0 Å². The molecule has 0 aliphatic carbocycles. The van der Waals surface area contributed by atoms with Gasteiger partial charge in [0, 0.05) is 0 Å². The number of nitrogens with zero attached hydrogens (tertiary/aromatic N) is 1. The number of benzene rings is 1. The van der Waals surface area contributed by atoms with Gasteiger partial charge in [0.05, 0.1) is 11.1 Å². The van der Waals surface area contributed by atoms with Crippen molar-refractivity contribution in [2.75, 3.05) is 0 Å². The molecule has 1 heterocycles. The molecule has 96 valence electrons. The number of fused-ring (bicyclic) bond motifs is 1. The lowest BCUT2D eigenvalue weighted by atomic mass is 10.1. The fourth-order valence-corrected chi connectivity index (χ4v) is 3.96. The molecular weight excluding hydrogens is 243 g/mol. The van der Waals surface area contributed by atoms with Crippen molar-refractivity contribution in [1.82, 2.24) is 4.57 Å². The zero-order chi connectivity index (χ0) is 13.7. The first-order valence-electron chi connectivity index (χ1n) is 6.16. The lowest BCUT2D eigenvalue weighted by Gasteiger charge is -2.42. The summed E-state index contributed by atoms with van der Waals surface area (Å²) < 4.78 is 1.54. The molecule has 0 radical (unpaired) electrons. The summed E-state index contributed by atoms with van der Waals surface area (Å²) in [5.74, 6) is -0.246. The summed E-state index contributed by atoms with van der Waals surface area (Å²) in [7, 11) is -2.16. The molecule has 0 bridgehead atoms.